The Kier molecular flexibility index (Phi) is 5.87. The molecular formula is C11H17N3O4S. The lowest BCUT2D eigenvalue weighted by Crippen LogP contribution is -2.27. The molecule has 0 fully saturated rings. The zero-order chi connectivity index (χ0) is 14.3. The second kappa shape index (κ2) is 7.17. The third-order valence-corrected chi connectivity index (χ3v) is 3.91. The van der Waals surface area contributed by atoms with Crippen LogP contribution < -0.4 is 10.0 Å². The molecule has 2 N–H and O–H groups in total. The molecule has 0 radical (unpaired) electrons. The molecule has 8 heteroatoms. The number of hydrogen-bond donors (Lipinski definition) is 2. The summed E-state index contributed by atoms with van der Waals surface area (Å²) in [5, 5.41) is 13.6. The van der Waals surface area contributed by atoms with Crippen LogP contribution in [0.1, 0.15) is 13.3 Å². The number of nitrogens with one attached hydrogen (secondary N) is 2. The summed E-state index contributed by atoms with van der Waals surface area (Å²) in [7, 11) is -3.59. The first kappa shape index (κ1) is 15.5. The van der Waals surface area contributed by atoms with Crippen LogP contribution in [0.25, 0.3) is 0 Å². The largest absolute Gasteiger partial charge is 0.317 e. The molecule has 106 valence electrons. The van der Waals surface area contributed by atoms with Gasteiger partial charge in [-0.3, -0.25) is 10.1 Å². The molecule has 0 aromatic heterocycles. The fourth-order valence-corrected chi connectivity index (χ4v) is 2.50. The van der Waals surface area contributed by atoms with Gasteiger partial charge in [-0.25, -0.2) is 13.1 Å². The number of nitro benzene ring substituents is 1. The minimum absolute atomic E-state index is 0.0292. The molecule has 1 aromatic rings. The highest BCUT2D eigenvalue weighted by Crippen LogP contribution is 2.15. The maximum Gasteiger partial charge on any atom is 0.269 e. The molecule has 1 aromatic carbocycles. The van der Waals surface area contributed by atoms with Crippen molar-refractivity contribution in [2.75, 3.05) is 19.6 Å². The van der Waals surface area contributed by atoms with Gasteiger partial charge >= 0.3 is 0 Å². The SMILES string of the molecule is CCNCCCNS(=O)(=O)c1ccc([N+](=O)[O-])cc1. The van der Waals surface area contributed by atoms with Gasteiger partial charge in [0.2, 0.25) is 10.0 Å². The number of nitrogens with zero attached hydrogens (tertiary/aromatic N) is 1. The highest BCUT2D eigenvalue weighted by atomic mass is 32.2. The molecule has 0 amide bonds. The minimum atomic E-state index is -3.59. The van der Waals surface area contributed by atoms with Crippen molar-refractivity contribution in [3.8, 4) is 0 Å². The number of benzene rings is 1. The average Bonchev–Trinajstić information content (AvgIpc) is 2.38. The molecule has 0 aliphatic carbocycles. The second-order valence-electron chi connectivity index (χ2n) is 3.86. The van der Waals surface area contributed by atoms with Crippen molar-refractivity contribution in [3.63, 3.8) is 0 Å². The third-order valence-electron chi connectivity index (χ3n) is 2.43. The number of nitro groups is 1. The fourth-order valence-electron chi connectivity index (χ4n) is 1.43. The topological polar surface area (TPSA) is 101 Å². The van der Waals surface area contributed by atoms with Crippen LogP contribution in [-0.4, -0.2) is 33.0 Å². The Hall–Kier alpha value is -1.51. The quantitative estimate of drug-likeness (QED) is 0.420. The molecule has 19 heavy (non-hydrogen) atoms. The maximum absolute atomic E-state index is 11.8. The Bertz CT molecular complexity index is 513. The molecule has 0 saturated carbocycles. The van der Waals surface area contributed by atoms with E-state index < -0.39 is 14.9 Å². The average molecular weight is 287 g/mol. The lowest BCUT2D eigenvalue weighted by molar-refractivity contribution is -0.384. The molecule has 0 spiro atoms. The Labute approximate surface area is 112 Å². The van der Waals surface area contributed by atoms with Crippen LogP contribution in [-0.2, 0) is 10.0 Å². The molecule has 0 bridgehead atoms. The van der Waals surface area contributed by atoms with E-state index in [-0.39, 0.29) is 10.6 Å². The Morgan fingerprint density at radius 1 is 1.21 bits per heavy atom. The van der Waals surface area contributed by atoms with Gasteiger partial charge in [-0.2, -0.15) is 0 Å². The summed E-state index contributed by atoms with van der Waals surface area (Å²) in [4.78, 5) is 9.93. The van der Waals surface area contributed by atoms with E-state index in [9.17, 15) is 18.5 Å². The molecule has 0 aliphatic rings. The first-order valence-corrected chi connectivity index (χ1v) is 7.40. The zero-order valence-corrected chi connectivity index (χ0v) is 11.4. The van der Waals surface area contributed by atoms with Crippen molar-refractivity contribution in [2.45, 2.75) is 18.2 Å². The van der Waals surface area contributed by atoms with Gasteiger partial charge in [-0.05, 0) is 31.6 Å². The van der Waals surface area contributed by atoms with Gasteiger partial charge in [0.1, 0.15) is 0 Å². The van der Waals surface area contributed by atoms with Gasteiger partial charge in [0.05, 0.1) is 9.82 Å². The fraction of sp³-hybridized carbons (Fsp3) is 0.455. The van der Waals surface area contributed by atoms with E-state index >= 15 is 0 Å². The minimum Gasteiger partial charge on any atom is -0.317 e. The first-order valence-electron chi connectivity index (χ1n) is 5.92. The number of non-ortho nitro benzene ring substituents is 1. The van der Waals surface area contributed by atoms with Crippen molar-refractivity contribution in [1.82, 2.24) is 10.0 Å². The predicted molar refractivity (Wildman–Crippen MR) is 71.4 cm³/mol. The summed E-state index contributed by atoms with van der Waals surface area (Å²) in [6.45, 7) is 3.88. The highest BCUT2D eigenvalue weighted by molar-refractivity contribution is 7.89. The van der Waals surface area contributed by atoms with Crippen LogP contribution in [0.5, 0.6) is 0 Å². The lowest BCUT2D eigenvalue weighted by Gasteiger charge is -2.06. The Morgan fingerprint density at radius 3 is 2.37 bits per heavy atom. The summed E-state index contributed by atoms with van der Waals surface area (Å²) in [5.74, 6) is 0. The van der Waals surface area contributed by atoms with Gasteiger partial charge in [0, 0.05) is 18.7 Å². The Balaban J connectivity index is 2.59. The van der Waals surface area contributed by atoms with Crippen LogP contribution in [0.15, 0.2) is 29.2 Å². The van der Waals surface area contributed by atoms with E-state index in [0.717, 1.165) is 13.1 Å². The number of hydrogen-bond acceptors (Lipinski definition) is 5. The van der Waals surface area contributed by atoms with Crippen molar-refractivity contribution >= 4 is 15.7 Å². The van der Waals surface area contributed by atoms with E-state index in [1.807, 2.05) is 6.92 Å². The second-order valence-corrected chi connectivity index (χ2v) is 5.62. The summed E-state index contributed by atoms with van der Waals surface area (Å²) < 4.78 is 26.1. The van der Waals surface area contributed by atoms with Crippen LogP contribution in [0.3, 0.4) is 0 Å². The normalized spacial score (nSPS) is 11.4. The molecular weight excluding hydrogens is 270 g/mol. The van der Waals surface area contributed by atoms with Gasteiger partial charge in [-0.15, -0.1) is 0 Å². The first-order chi connectivity index (χ1) is 8.97. The summed E-state index contributed by atoms with van der Waals surface area (Å²) >= 11 is 0. The van der Waals surface area contributed by atoms with Crippen LogP contribution in [0.4, 0.5) is 5.69 Å². The number of rotatable bonds is 8. The summed E-state index contributed by atoms with van der Waals surface area (Å²) in [5.41, 5.74) is -0.133. The van der Waals surface area contributed by atoms with Crippen LogP contribution >= 0.6 is 0 Å². The smallest absolute Gasteiger partial charge is 0.269 e. The van der Waals surface area contributed by atoms with Crippen molar-refractivity contribution < 1.29 is 13.3 Å². The van der Waals surface area contributed by atoms with Gasteiger partial charge in [0.25, 0.3) is 5.69 Å². The van der Waals surface area contributed by atoms with Gasteiger partial charge in [0.15, 0.2) is 0 Å². The monoisotopic (exact) mass is 287 g/mol. The Morgan fingerprint density at radius 2 is 1.84 bits per heavy atom. The molecule has 0 heterocycles. The van der Waals surface area contributed by atoms with Crippen molar-refractivity contribution in [1.29, 1.82) is 0 Å². The summed E-state index contributed by atoms with van der Waals surface area (Å²) in [6.07, 6.45) is 0.681. The number of sulfonamides is 1. The van der Waals surface area contributed by atoms with Gasteiger partial charge < -0.3 is 5.32 Å². The van der Waals surface area contributed by atoms with Crippen LogP contribution in [0.2, 0.25) is 0 Å². The lowest BCUT2D eigenvalue weighted by atomic mass is 10.3. The molecule has 7 nitrogen and oxygen atoms in total. The zero-order valence-electron chi connectivity index (χ0n) is 10.6. The molecule has 0 atom stereocenters. The van der Waals surface area contributed by atoms with Crippen LogP contribution in [0, 0.1) is 10.1 Å². The van der Waals surface area contributed by atoms with Gasteiger partial charge in [-0.1, -0.05) is 6.92 Å². The van der Waals surface area contributed by atoms with E-state index in [0.29, 0.717) is 13.0 Å². The third kappa shape index (κ3) is 4.93. The van der Waals surface area contributed by atoms with E-state index in [2.05, 4.69) is 10.0 Å². The summed E-state index contributed by atoms with van der Waals surface area (Å²) in [6, 6.07) is 4.80. The van der Waals surface area contributed by atoms with E-state index in [4.69, 9.17) is 0 Å². The molecule has 1 rings (SSSR count). The predicted octanol–water partition coefficient (Wildman–Crippen LogP) is 0.873. The molecule has 0 saturated heterocycles. The van der Waals surface area contributed by atoms with Crippen molar-refractivity contribution in [3.05, 3.63) is 34.4 Å². The highest BCUT2D eigenvalue weighted by Gasteiger charge is 2.14. The van der Waals surface area contributed by atoms with E-state index in [1.165, 1.54) is 24.3 Å². The maximum atomic E-state index is 11.8. The van der Waals surface area contributed by atoms with E-state index in [1.54, 1.807) is 0 Å². The standard InChI is InChI=1S/C11H17N3O4S/c1-2-12-8-3-9-13-19(17,18)11-6-4-10(5-7-11)14(15)16/h4-7,12-13H,2-3,8-9H2,1H3. The van der Waals surface area contributed by atoms with Crippen molar-refractivity contribution in [2.24, 2.45) is 0 Å². The molecule has 0 aliphatic heterocycles. The molecule has 0 unspecified atom stereocenters.